The highest BCUT2D eigenvalue weighted by atomic mass is 19.1. The average Bonchev–Trinajstić information content (AvgIpc) is 2.75. The molecule has 0 radical (unpaired) electrons. The molecule has 3 rings (SSSR count). The number of rotatable bonds is 7. The number of aromatic nitrogens is 1. The predicted octanol–water partition coefficient (Wildman–Crippen LogP) is 3.80. The van der Waals surface area contributed by atoms with Crippen LogP contribution in [0.15, 0.2) is 65.9 Å². The van der Waals surface area contributed by atoms with E-state index in [1.807, 2.05) is 0 Å². The van der Waals surface area contributed by atoms with Crippen LogP contribution in [0.4, 0.5) is 15.9 Å². The number of nitrogens with one attached hydrogen (secondary N) is 1. The van der Waals surface area contributed by atoms with Gasteiger partial charge in [-0.25, -0.2) is 14.2 Å². The lowest BCUT2D eigenvalue weighted by atomic mass is 10.2. The number of anilines is 1. The molecule has 0 aliphatic heterocycles. The molecule has 0 amide bonds. The second kappa shape index (κ2) is 9.24. The quantitative estimate of drug-likeness (QED) is 0.207. The summed E-state index contributed by atoms with van der Waals surface area (Å²) in [6, 6.07) is 12.6. The molecule has 3 aromatic rings. The Kier molecular flexibility index (Phi) is 6.28. The molecular formula is C20H15FN4O5. The van der Waals surface area contributed by atoms with Gasteiger partial charge >= 0.3 is 5.97 Å². The molecule has 30 heavy (non-hydrogen) atoms. The van der Waals surface area contributed by atoms with Gasteiger partial charge in [0.05, 0.1) is 23.8 Å². The van der Waals surface area contributed by atoms with Crippen molar-refractivity contribution in [3.63, 3.8) is 0 Å². The van der Waals surface area contributed by atoms with E-state index < -0.39 is 16.7 Å². The summed E-state index contributed by atoms with van der Waals surface area (Å²) in [5.41, 5.74) is 3.21. The van der Waals surface area contributed by atoms with Crippen LogP contribution in [0.2, 0.25) is 0 Å². The van der Waals surface area contributed by atoms with E-state index in [0.717, 1.165) is 12.3 Å². The fraction of sp³-hybridized carbons (Fsp3) is 0.0500. The van der Waals surface area contributed by atoms with Gasteiger partial charge in [0.25, 0.3) is 5.69 Å². The van der Waals surface area contributed by atoms with Crippen LogP contribution < -0.4 is 14.9 Å². The highest BCUT2D eigenvalue weighted by Gasteiger charge is 2.13. The van der Waals surface area contributed by atoms with E-state index in [2.05, 4.69) is 15.5 Å². The predicted molar refractivity (Wildman–Crippen MR) is 106 cm³/mol. The normalized spacial score (nSPS) is 10.6. The lowest BCUT2D eigenvalue weighted by Gasteiger charge is -2.10. The van der Waals surface area contributed by atoms with Gasteiger partial charge < -0.3 is 9.47 Å². The summed E-state index contributed by atoms with van der Waals surface area (Å²) in [5, 5.41) is 14.6. The van der Waals surface area contributed by atoms with Crippen LogP contribution in [0.5, 0.6) is 11.5 Å². The van der Waals surface area contributed by atoms with Gasteiger partial charge in [0, 0.05) is 6.07 Å². The molecule has 10 heteroatoms. The van der Waals surface area contributed by atoms with Gasteiger partial charge in [-0.2, -0.15) is 5.10 Å². The second-order valence-electron chi connectivity index (χ2n) is 5.84. The smallest absolute Gasteiger partial charge is 0.343 e. The van der Waals surface area contributed by atoms with Gasteiger partial charge in [-0.3, -0.25) is 15.5 Å². The van der Waals surface area contributed by atoms with E-state index in [1.165, 1.54) is 49.7 Å². The third-order valence-corrected chi connectivity index (χ3v) is 3.80. The van der Waals surface area contributed by atoms with Gasteiger partial charge in [0.15, 0.2) is 11.5 Å². The number of ether oxygens (including phenoxy) is 2. The number of carbonyl (C=O) groups excluding carboxylic acids is 1. The number of pyridine rings is 1. The molecular weight excluding hydrogens is 395 g/mol. The van der Waals surface area contributed by atoms with Crippen LogP contribution in [0, 0.1) is 15.9 Å². The molecule has 152 valence electrons. The zero-order chi connectivity index (χ0) is 21.5. The Hall–Kier alpha value is -4.34. The molecule has 0 atom stereocenters. The molecule has 1 aromatic heterocycles. The first-order valence-electron chi connectivity index (χ1n) is 8.51. The molecule has 0 saturated heterocycles. The number of esters is 1. The van der Waals surface area contributed by atoms with Crippen molar-refractivity contribution in [2.45, 2.75) is 0 Å². The largest absolute Gasteiger partial charge is 0.493 e. The van der Waals surface area contributed by atoms with Crippen molar-refractivity contribution in [1.82, 2.24) is 4.98 Å². The van der Waals surface area contributed by atoms with Crippen LogP contribution >= 0.6 is 0 Å². The van der Waals surface area contributed by atoms with Crippen LogP contribution in [0.25, 0.3) is 0 Å². The second-order valence-corrected chi connectivity index (χ2v) is 5.84. The Morgan fingerprint density at radius 1 is 1.20 bits per heavy atom. The summed E-state index contributed by atoms with van der Waals surface area (Å²) >= 11 is 0. The number of hydrogen-bond acceptors (Lipinski definition) is 8. The van der Waals surface area contributed by atoms with Crippen molar-refractivity contribution in [2.75, 3.05) is 12.5 Å². The summed E-state index contributed by atoms with van der Waals surface area (Å²) in [6.07, 6.45) is 2.58. The molecule has 0 fully saturated rings. The van der Waals surface area contributed by atoms with E-state index in [9.17, 15) is 19.3 Å². The Bertz CT molecular complexity index is 1100. The fourth-order valence-electron chi connectivity index (χ4n) is 2.36. The number of benzene rings is 2. The van der Waals surface area contributed by atoms with Crippen molar-refractivity contribution in [2.24, 2.45) is 5.10 Å². The molecule has 2 aromatic carbocycles. The minimum atomic E-state index is -0.722. The summed E-state index contributed by atoms with van der Waals surface area (Å²) in [6.45, 7) is 0. The summed E-state index contributed by atoms with van der Waals surface area (Å²) in [5.74, 6) is -0.506. The standard InChI is InChI=1S/C20H15FN4O5/c1-29-18-9-13(11-23-24-19-8-6-16(12-22-19)25(27)28)5-7-17(18)30-20(26)14-3-2-4-15(21)10-14/h2-12H,1H3,(H,22,24)/b23-11-. The Morgan fingerprint density at radius 3 is 2.70 bits per heavy atom. The molecule has 0 spiro atoms. The molecule has 0 aliphatic rings. The van der Waals surface area contributed by atoms with Crippen molar-refractivity contribution in [3.8, 4) is 11.5 Å². The number of carbonyl (C=O) groups is 1. The Morgan fingerprint density at radius 2 is 2.03 bits per heavy atom. The molecule has 0 saturated carbocycles. The van der Waals surface area contributed by atoms with Gasteiger partial charge in [0.2, 0.25) is 0 Å². The van der Waals surface area contributed by atoms with Crippen LogP contribution in [0.3, 0.4) is 0 Å². The molecule has 9 nitrogen and oxygen atoms in total. The van der Waals surface area contributed by atoms with Crippen LogP contribution in [-0.2, 0) is 0 Å². The van der Waals surface area contributed by atoms with Crippen molar-refractivity contribution in [3.05, 3.63) is 87.9 Å². The van der Waals surface area contributed by atoms with Gasteiger partial charge in [0.1, 0.15) is 17.8 Å². The maximum atomic E-state index is 13.3. The summed E-state index contributed by atoms with van der Waals surface area (Å²) < 4.78 is 23.8. The van der Waals surface area contributed by atoms with Crippen LogP contribution in [0.1, 0.15) is 15.9 Å². The van der Waals surface area contributed by atoms with Crippen molar-refractivity contribution < 1.29 is 23.6 Å². The molecule has 1 heterocycles. The molecule has 0 unspecified atom stereocenters. The zero-order valence-electron chi connectivity index (χ0n) is 15.6. The topological polar surface area (TPSA) is 116 Å². The van der Waals surface area contributed by atoms with Gasteiger partial charge in [-0.05, 0) is 48.0 Å². The number of nitrogens with zero attached hydrogens (tertiary/aromatic N) is 3. The maximum absolute atomic E-state index is 13.3. The first-order chi connectivity index (χ1) is 14.5. The maximum Gasteiger partial charge on any atom is 0.343 e. The van der Waals surface area contributed by atoms with Crippen molar-refractivity contribution in [1.29, 1.82) is 0 Å². The number of halogens is 1. The molecule has 0 aliphatic carbocycles. The van der Waals surface area contributed by atoms with Gasteiger partial charge in [-0.15, -0.1) is 0 Å². The third-order valence-electron chi connectivity index (χ3n) is 3.80. The number of hydrazone groups is 1. The lowest BCUT2D eigenvalue weighted by Crippen LogP contribution is -2.09. The van der Waals surface area contributed by atoms with E-state index >= 15 is 0 Å². The van der Waals surface area contributed by atoms with Crippen LogP contribution in [-0.4, -0.2) is 29.2 Å². The minimum absolute atomic E-state index is 0.0717. The highest BCUT2D eigenvalue weighted by Crippen LogP contribution is 2.28. The fourth-order valence-corrected chi connectivity index (χ4v) is 2.36. The first-order valence-corrected chi connectivity index (χ1v) is 8.51. The van der Waals surface area contributed by atoms with E-state index in [0.29, 0.717) is 11.4 Å². The lowest BCUT2D eigenvalue weighted by molar-refractivity contribution is -0.385. The van der Waals surface area contributed by atoms with E-state index in [-0.39, 0.29) is 22.7 Å². The number of nitro groups is 1. The Balaban J connectivity index is 1.68. The number of hydrogen-bond donors (Lipinski definition) is 1. The summed E-state index contributed by atoms with van der Waals surface area (Å²) in [7, 11) is 1.41. The van der Waals surface area contributed by atoms with E-state index in [4.69, 9.17) is 9.47 Å². The number of methoxy groups -OCH3 is 1. The average molecular weight is 410 g/mol. The third kappa shape index (κ3) is 5.13. The minimum Gasteiger partial charge on any atom is -0.493 e. The summed E-state index contributed by atoms with van der Waals surface area (Å²) in [4.78, 5) is 26.1. The SMILES string of the molecule is COc1cc(/C=N\Nc2ccc([N+](=O)[O-])cn2)ccc1OC(=O)c1cccc(F)c1. The highest BCUT2D eigenvalue weighted by molar-refractivity contribution is 5.91. The first kappa shape index (κ1) is 20.4. The van der Waals surface area contributed by atoms with Crippen molar-refractivity contribution >= 4 is 23.7 Å². The monoisotopic (exact) mass is 410 g/mol. The molecule has 0 bridgehead atoms. The molecule has 1 N–H and O–H groups in total. The van der Waals surface area contributed by atoms with E-state index in [1.54, 1.807) is 12.1 Å². The van der Waals surface area contributed by atoms with Gasteiger partial charge in [-0.1, -0.05) is 6.07 Å². The zero-order valence-corrected chi connectivity index (χ0v) is 15.6. The Labute approximate surface area is 169 Å².